The molecule has 2 heterocycles. The van der Waals surface area contributed by atoms with Crippen LogP contribution < -0.4 is 10.2 Å². The number of likely N-dealkylation sites (tertiary alicyclic amines) is 1. The molecule has 2 aliphatic heterocycles. The molecule has 2 aliphatic rings. The molecule has 134 valence electrons. The largest absolute Gasteiger partial charge is 0.375 e. The Morgan fingerprint density at radius 2 is 1.96 bits per heavy atom. The number of methoxy groups -OCH3 is 1. The zero-order chi connectivity index (χ0) is 18.1. The number of urea groups is 1. The molecule has 1 N–H and O–H groups in total. The van der Waals surface area contributed by atoms with Gasteiger partial charge in [-0.1, -0.05) is 26.0 Å². The summed E-state index contributed by atoms with van der Waals surface area (Å²) in [7, 11) is 1.44. The first-order valence-corrected chi connectivity index (χ1v) is 8.47. The number of hydrogen-bond donors (Lipinski definition) is 1. The fourth-order valence-electron chi connectivity index (χ4n) is 3.44. The van der Waals surface area contributed by atoms with Crippen molar-refractivity contribution in [2.24, 2.45) is 0 Å². The number of benzene rings is 1. The van der Waals surface area contributed by atoms with Crippen LogP contribution in [0.25, 0.3) is 0 Å². The van der Waals surface area contributed by atoms with Gasteiger partial charge in [-0.3, -0.25) is 9.59 Å². The van der Waals surface area contributed by atoms with Crippen LogP contribution in [0.2, 0.25) is 0 Å². The number of hydrogen-bond acceptors (Lipinski definition) is 4. The Labute approximate surface area is 146 Å². The Balaban J connectivity index is 1.87. The lowest BCUT2D eigenvalue weighted by atomic mass is 10.0. The summed E-state index contributed by atoms with van der Waals surface area (Å²) in [4.78, 5) is 40.3. The highest BCUT2D eigenvalue weighted by Gasteiger charge is 2.49. The number of nitrogens with zero attached hydrogens (tertiary/aromatic N) is 2. The molecule has 0 radical (unpaired) electrons. The first-order valence-electron chi connectivity index (χ1n) is 8.47. The number of anilines is 1. The molecular weight excluding hydrogens is 322 g/mol. The molecule has 0 spiro atoms. The fourth-order valence-corrected chi connectivity index (χ4v) is 3.44. The van der Waals surface area contributed by atoms with Gasteiger partial charge in [-0.15, -0.1) is 0 Å². The van der Waals surface area contributed by atoms with Gasteiger partial charge in [-0.2, -0.15) is 0 Å². The summed E-state index contributed by atoms with van der Waals surface area (Å²) in [5.41, 5.74) is 1.64. The van der Waals surface area contributed by atoms with E-state index in [0.29, 0.717) is 24.6 Å². The second-order valence-electron chi connectivity index (χ2n) is 6.73. The molecule has 25 heavy (non-hydrogen) atoms. The van der Waals surface area contributed by atoms with Crippen molar-refractivity contribution in [3.8, 4) is 0 Å². The average Bonchev–Trinajstić information content (AvgIpc) is 2.99. The maximum absolute atomic E-state index is 13.0. The van der Waals surface area contributed by atoms with Crippen molar-refractivity contribution >= 4 is 23.5 Å². The van der Waals surface area contributed by atoms with Crippen LogP contribution >= 0.6 is 0 Å². The maximum Gasteiger partial charge on any atom is 0.329 e. The van der Waals surface area contributed by atoms with Crippen molar-refractivity contribution in [1.29, 1.82) is 0 Å². The van der Waals surface area contributed by atoms with Crippen LogP contribution in [-0.4, -0.2) is 55.1 Å². The second kappa shape index (κ2) is 6.84. The minimum atomic E-state index is -0.676. The van der Waals surface area contributed by atoms with Crippen LogP contribution in [0.4, 0.5) is 10.5 Å². The van der Waals surface area contributed by atoms with E-state index in [1.54, 1.807) is 12.1 Å². The molecule has 1 aromatic rings. The van der Waals surface area contributed by atoms with Gasteiger partial charge in [0.15, 0.2) is 0 Å². The summed E-state index contributed by atoms with van der Waals surface area (Å²) in [6, 6.07) is 5.90. The highest BCUT2D eigenvalue weighted by molar-refractivity contribution is 6.19. The van der Waals surface area contributed by atoms with Gasteiger partial charge in [0, 0.05) is 13.7 Å². The number of fused-ring (bicyclic) bond motifs is 1. The van der Waals surface area contributed by atoms with Gasteiger partial charge in [0.05, 0.1) is 11.7 Å². The Kier molecular flexibility index (Phi) is 4.76. The molecule has 2 saturated heterocycles. The van der Waals surface area contributed by atoms with E-state index in [2.05, 4.69) is 19.2 Å². The normalized spacial score (nSPS) is 23.0. The van der Waals surface area contributed by atoms with Gasteiger partial charge in [0.1, 0.15) is 12.6 Å². The standard InChI is InChI=1S/C18H23N3O4/c1-11(2)12-4-6-13(7-5-12)21-17(23)16-14(19-18(21)24)8-9-20(16)15(22)10-25-3/h4-7,11,14,16H,8-10H2,1-3H3,(H,19,24). The van der Waals surface area contributed by atoms with E-state index in [0.717, 1.165) is 10.5 Å². The van der Waals surface area contributed by atoms with Gasteiger partial charge in [-0.25, -0.2) is 9.69 Å². The summed E-state index contributed by atoms with van der Waals surface area (Å²) >= 11 is 0. The molecule has 7 nitrogen and oxygen atoms in total. The van der Waals surface area contributed by atoms with Crippen LogP contribution in [0.15, 0.2) is 24.3 Å². The summed E-state index contributed by atoms with van der Waals surface area (Å²) < 4.78 is 4.90. The Morgan fingerprint density at radius 3 is 2.56 bits per heavy atom. The van der Waals surface area contributed by atoms with Crippen LogP contribution in [0.3, 0.4) is 0 Å². The van der Waals surface area contributed by atoms with Gasteiger partial charge < -0.3 is 15.0 Å². The predicted molar refractivity (Wildman–Crippen MR) is 92.3 cm³/mol. The molecule has 3 rings (SSSR count). The second-order valence-corrected chi connectivity index (χ2v) is 6.73. The third-order valence-electron chi connectivity index (χ3n) is 4.79. The summed E-state index contributed by atoms with van der Waals surface area (Å²) in [6.45, 7) is 4.52. The molecule has 0 aromatic heterocycles. The number of imide groups is 1. The van der Waals surface area contributed by atoms with E-state index in [1.807, 2.05) is 12.1 Å². The molecule has 4 amide bonds. The van der Waals surface area contributed by atoms with E-state index < -0.39 is 12.1 Å². The van der Waals surface area contributed by atoms with Crippen molar-refractivity contribution in [3.63, 3.8) is 0 Å². The highest BCUT2D eigenvalue weighted by atomic mass is 16.5. The van der Waals surface area contributed by atoms with Crippen LogP contribution in [0, 0.1) is 0 Å². The molecule has 0 bridgehead atoms. The zero-order valence-electron chi connectivity index (χ0n) is 14.7. The summed E-state index contributed by atoms with van der Waals surface area (Å²) in [5.74, 6) is -0.246. The zero-order valence-corrected chi connectivity index (χ0v) is 14.7. The third-order valence-corrected chi connectivity index (χ3v) is 4.79. The quantitative estimate of drug-likeness (QED) is 0.896. The van der Waals surface area contributed by atoms with Gasteiger partial charge in [-0.05, 0) is 30.0 Å². The van der Waals surface area contributed by atoms with Gasteiger partial charge in [0.25, 0.3) is 5.91 Å². The van der Waals surface area contributed by atoms with Crippen LogP contribution in [-0.2, 0) is 14.3 Å². The number of rotatable bonds is 4. The van der Waals surface area contributed by atoms with Crippen molar-refractivity contribution in [3.05, 3.63) is 29.8 Å². The number of ether oxygens (including phenoxy) is 1. The fraction of sp³-hybridized carbons (Fsp3) is 0.500. The predicted octanol–water partition coefficient (Wildman–Crippen LogP) is 1.48. The van der Waals surface area contributed by atoms with Gasteiger partial charge >= 0.3 is 6.03 Å². The van der Waals surface area contributed by atoms with E-state index in [9.17, 15) is 14.4 Å². The summed E-state index contributed by atoms with van der Waals surface area (Å²) in [6.07, 6.45) is 0.567. The molecule has 0 saturated carbocycles. The van der Waals surface area contributed by atoms with Crippen molar-refractivity contribution in [2.75, 3.05) is 25.2 Å². The monoisotopic (exact) mass is 345 g/mol. The minimum absolute atomic E-state index is 0.0759. The number of carbonyl (C=O) groups is 3. The maximum atomic E-state index is 13.0. The van der Waals surface area contributed by atoms with E-state index in [4.69, 9.17) is 4.74 Å². The first-order chi connectivity index (χ1) is 11.9. The highest BCUT2D eigenvalue weighted by Crippen LogP contribution is 2.28. The van der Waals surface area contributed by atoms with E-state index >= 15 is 0 Å². The lowest BCUT2D eigenvalue weighted by Crippen LogP contribution is -2.65. The van der Waals surface area contributed by atoms with Crippen molar-refractivity contribution < 1.29 is 19.1 Å². The third kappa shape index (κ3) is 3.11. The minimum Gasteiger partial charge on any atom is -0.375 e. The Hall–Kier alpha value is -2.41. The SMILES string of the molecule is COCC(=O)N1CCC2NC(=O)N(c3ccc(C(C)C)cc3)C(=O)C21. The smallest absolute Gasteiger partial charge is 0.329 e. The van der Waals surface area contributed by atoms with Crippen LogP contribution in [0.1, 0.15) is 31.7 Å². The molecule has 2 unspecified atom stereocenters. The number of carbonyl (C=O) groups excluding carboxylic acids is 3. The van der Waals surface area contributed by atoms with Crippen LogP contribution in [0.5, 0.6) is 0 Å². The first kappa shape index (κ1) is 17.4. The Morgan fingerprint density at radius 1 is 1.28 bits per heavy atom. The van der Waals surface area contributed by atoms with Crippen molar-refractivity contribution in [1.82, 2.24) is 10.2 Å². The number of amides is 4. The number of nitrogens with one attached hydrogen (secondary N) is 1. The molecule has 0 aliphatic carbocycles. The van der Waals surface area contributed by atoms with E-state index in [-0.39, 0.29) is 24.5 Å². The molecule has 2 fully saturated rings. The Bertz CT molecular complexity index is 686. The molecule has 1 aromatic carbocycles. The molecule has 7 heteroatoms. The molecular formula is C18H23N3O4. The average molecular weight is 345 g/mol. The van der Waals surface area contributed by atoms with Crippen molar-refractivity contribution in [2.45, 2.75) is 38.3 Å². The lowest BCUT2D eigenvalue weighted by Gasteiger charge is -2.36. The van der Waals surface area contributed by atoms with E-state index in [1.165, 1.54) is 12.0 Å². The lowest BCUT2D eigenvalue weighted by molar-refractivity contribution is -0.140. The topological polar surface area (TPSA) is 79.0 Å². The summed E-state index contributed by atoms with van der Waals surface area (Å²) in [5, 5.41) is 2.85. The molecule has 2 atom stereocenters. The van der Waals surface area contributed by atoms with Gasteiger partial charge in [0.2, 0.25) is 5.91 Å².